The van der Waals surface area contributed by atoms with Crippen molar-refractivity contribution >= 4 is 5.91 Å². The molecule has 2 aromatic rings. The van der Waals surface area contributed by atoms with Crippen molar-refractivity contribution in [3.8, 4) is 5.75 Å². The first kappa shape index (κ1) is 17.5. The Bertz CT molecular complexity index is 718. The molecule has 1 aliphatic rings. The fraction of sp³-hybridized carbons (Fsp3) is 0.526. The standard InChI is InChI=1S/C19H25N3O3/c1-13(15-6-8-16(24-3)9-7-15)12-17(23)21-19(10-4-5-11-19)18-20-14(2)25-22-18/h6-9,13H,4-5,10-12H2,1-3H3,(H,21,23). The van der Waals surface area contributed by atoms with E-state index < -0.39 is 5.54 Å². The highest BCUT2D eigenvalue weighted by atomic mass is 16.5. The number of carbonyl (C=O) groups excluding carboxylic acids is 1. The SMILES string of the molecule is COc1ccc(C(C)CC(=O)NC2(c3noc(C)n3)CCCC2)cc1. The summed E-state index contributed by atoms with van der Waals surface area (Å²) in [6.45, 7) is 3.83. The molecule has 1 atom stereocenters. The summed E-state index contributed by atoms with van der Waals surface area (Å²) in [4.78, 5) is 17.0. The summed E-state index contributed by atoms with van der Waals surface area (Å²) in [5.41, 5.74) is 0.640. The molecule has 0 bridgehead atoms. The summed E-state index contributed by atoms with van der Waals surface area (Å²) in [5.74, 6) is 2.09. The van der Waals surface area contributed by atoms with Crippen molar-refractivity contribution in [1.29, 1.82) is 0 Å². The molecule has 1 amide bonds. The number of benzene rings is 1. The number of nitrogens with zero attached hydrogens (tertiary/aromatic N) is 2. The third-order valence-electron chi connectivity index (χ3n) is 4.97. The zero-order chi connectivity index (χ0) is 17.9. The van der Waals surface area contributed by atoms with Gasteiger partial charge in [-0.25, -0.2) is 0 Å². The van der Waals surface area contributed by atoms with Gasteiger partial charge in [-0.05, 0) is 36.5 Å². The number of rotatable bonds is 6. The molecule has 1 aliphatic carbocycles. The van der Waals surface area contributed by atoms with Crippen molar-refractivity contribution in [1.82, 2.24) is 15.5 Å². The lowest BCUT2D eigenvalue weighted by atomic mass is 9.93. The van der Waals surface area contributed by atoms with Crippen LogP contribution in [0.1, 0.15) is 62.2 Å². The molecule has 1 unspecified atom stereocenters. The van der Waals surface area contributed by atoms with Gasteiger partial charge in [0.1, 0.15) is 11.3 Å². The third kappa shape index (κ3) is 3.83. The number of aromatic nitrogens is 2. The molecule has 25 heavy (non-hydrogen) atoms. The fourth-order valence-electron chi connectivity index (χ4n) is 3.52. The number of amides is 1. The Labute approximate surface area is 148 Å². The molecule has 3 rings (SSSR count). The van der Waals surface area contributed by atoms with Crippen LogP contribution in [0, 0.1) is 6.92 Å². The van der Waals surface area contributed by atoms with E-state index in [2.05, 4.69) is 22.4 Å². The van der Waals surface area contributed by atoms with Crippen LogP contribution in [0.25, 0.3) is 0 Å². The molecule has 1 fully saturated rings. The summed E-state index contributed by atoms with van der Waals surface area (Å²) >= 11 is 0. The van der Waals surface area contributed by atoms with Crippen LogP contribution < -0.4 is 10.1 Å². The molecule has 6 nitrogen and oxygen atoms in total. The van der Waals surface area contributed by atoms with E-state index in [1.54, 1.807) is 14.0 Å². The Hall–Kier alpha value is -2.37. The van der Waals surface area contributed by atoms with Crippen LogP contribution in [-0.4, -0.2) is 23.2 Å². The molecular formula is C19H25N3O3. The summed E-state index contributed by atoms with van der Waals surface area (Å²) in [7, 11) is 1.65. The van der Waals surface area contributed by atoms with Crippen LogP contribution in [0.3, 0.4) is 0 Å². The van der Waals surface area contributed by atoms with E-state index in [0.29, 0.717) is 18.1 Å². The summed E-state index contributed by atoms with van der Waals surface area (Å²) in [6, 6.07) is 7.85. The molecule has 0 spiro atoms. The van der Waals surface area contributed by atoms with Crippen molar-refractivity contribution in [2.45, 2.75) is 57.4 Å². The van der Waals surface area contributed by atoms with E-state index in [-0.39, 0.29) is 11.8 Å². The highest BCUT2D eigenvalue weighted by molar-refractivity contribution is 5.77. The van der Waals surface area contributed by atoms with Crippen molar-refractivity contribution in [3.63, 3.8) is 0 Å². The van der Waals surface area contributed by atoms with Crippen LogP contribution in [0.5, 0.6) is 5.75 Å². The van der Waals surface area contributed by atoms with E-state index in [9.17, 15) is 4.79 Å². The summed E-state index contributed by atoms with van der Waals surface area (Å²) < 4.78 is 10.3. The minimum atomic E-state index is -0.478. The largest absolute Gasteiger partial charge is 0.497 e. The van der Waals surface area contributed by atoms with Gasteiger partial charge in [0.2, 0.25) is 11.8 Å². The molecule has 1 aromatic heterocycles. The molecule has 134 valence electrons. The lowest BCUT2D eigenvalue weighted by Gasteiger charge is -2.27. The molecule has 1 aromatic carbocycles. The van der Waals surface area contributed by atoms with Gasteiger partial charge in [-0.15, -0.1) is 0 Å². The Balaban J connectivity index is 1.67. The van der Waals surface area contributed by atoms with Crippen LogP contribution >= 0.6 is 0 Å². The topological polar surface area (TPSA) is 77.2 Å². The van der Waals surface area contributed by atoms with E-state index in [4.69, 9.17) is 9.26 Å². The Morgan fingerprint density at radius 1 is 1.32 bits per heavy atom. The van der Waals surface area contributed by atoms with Crippen LogP contribution in [0.2, 0.25) is 0 Å². The molecule has 1 N–H and O–H groups in total. The van der Waals surface area contributed by atoms with E-state index >= 15 is 0 Å². The van der Waals surface area contributed by atoms with Crippen LogP contribution in [0.4, 0.5) is 0 Å². The lowest BCUT2D eigenvalue weighted by molar-refractivity contribution is -0.123. The maximum absolute atomic E-state index is 12.7. The number of hydrogen-bond acceptors (Lipinski definition) is 5. The lowest BCUT2D eigenvalue weighted by Crippen LogP contribution is -2.45. The van der Waals surface area contributed by atoms with Crippen molar-refractivity contribution in [3.05, 3.63) is 41.5 Å². The van der Waals surface area contributed by atoms with Gasteiger partial charge in [-0.1, -0.05) is 37.1 Å². The van der Waals surface area contributed by atoms with Gasteiger partial charge in [-0.2, -0.15) is 4.98 Å². The monoisotopic (exact) mass is 343 g/mol. The average molecular weight is 343 g/mol. The first-order valence-electron chi connectivity index (χ1n) is 8.78. The number of ether oxygens (including phenoxy) is 1. The number of methoxy groups -OCH3 is 1. The van der Waals surface area contributed by atoms with Gasteiger partial charge in [0.25, 0.3) is 0 Å². The minimum absolute atomic E-state index is 0.0210. The summed E-state index contributed by atoms with van der Waals surface area (Å²) in [6.07, 6.45) is 4.25. The molecule has 1 heterocycles. The number of aryl methyl sites for hydroxylation is 1. The predicted molar refractivity (Wildman–Crippen MR) is 93.3 cm³/mol. The van der Waals surface area contributed by atoms with Gasteiger partial charge in [0, 0.05) is 13.3 Å². The zero-order valence-corrected chi connectivity index (χ0v) is 15.0. The van der Waals surface area contributed by atoms with E-state index in [1.807, 2.05) is 24.3 Å². The second-order valence-electron chi connectivity index (χ2n) is 6.85. The Morgan fingerprint density at radius 3 is 2.56 bits per heavy atom. The molecule has 0 saturated heterocycles. The van der Waals surface area contributed by atoms with Crippen molar-refractivity contribution in [2.24, 2.45) is 0 Å². The number of nitrogens with one attached hydrogen (secondary N) is 1. The highest BCUT2D eigenvalue weighted by Crippen LogP contribution is 2.37. The Morgan fingerprint density at radius 2 is 2.00 bits per heavy atom. The molecule has 1 saturated carbocycles. The van der Waals surface area contributed by atoms with Gasteiger partial charge in [0.15, 0.2) is 5.82 Å². The van der Waals surface area contributed by atoms with Gasteiger partial charge >= 0.3 is 0 Å². The highest BCUT2D eigenvalue weighted by Gasteiger charge is 2.41. The third-order valence-corrected chi connectivity index (χ3v) is 4.97. The minimum Gasteiger partial charge on any atom is -0.497 e. The van der Waals surface area contributed by atoms with E-state index in [1.165, 1.54) is 0 Å². The maximum atomic E-state index is 12.7. The van der Waals surface area contributed by atoms with Crippen molar-refractivity contribution in [2.75, 3.05) is 7.11 Å². The zero-order valence-electron chi connectivity index (χ0n) is 15.0. The second-order valence-corrected chi connectivity index (χ2v) is 6.85. The molecule has 0 radical (unpaired) electrons. The van der Waals surface area contributed by atoms with Gasteiger partial charge in [0.05, 0.1) is 7.11 Å². The van der Waals surface area contributed by atoms with E-state index in [0.717, 1.165) is 37.0 Å². The normalized spacial score (nSPS) is 17.2. The number of hydrogen-bond donors (Lipinski definition) is 1. The van der Waals surface area contributed by atoms with Gasteiger partial charge in [-0.3, -0.25) is 4.79 Å². The summed E-state index contributed by atoms with van der Waals surface area (Å²) in [5, 5.41) is 7.26. The molecule has 6 heteroatoms. The number of carbonyl (C=O) groups is 1. The second kappa shape index (κ2) is 7.25. The fourth-order valence-corrected chi connectivity index (χ4v) is 3.52. The van der Waals surface area contributed by atoms with Crippen LogP contribution in [0.15, 0.2) is 28.8 Å². The predicted octanol–water partition coefficient (Wildman–Crippen LogP) is 3.47. The van der Waals surface area contributed by atoms with Gasteiger partial charge < -0.3 is 14.6 Å². The molecular weight excluding hydrogens is 318 g/mol. The first-order chi connectivity index (χ1) is 12.0. The van der Waals surface area contributed by atoms with Crippen molar-refractivity contribution < 1.29 is 14.1 Å². The quantitative estimate of drug-likeness (QED) is 0.869. The smallest absolute Gasteiger partial charge is 0.223 e. The Kier molecular flexibility index (Phi) is 5.06. The maximum Gasteiger partial charge on any atom is 0.223 e. The van der Waals surface area contributed by atoms with Crippen LogP contribution in [-0.2, 0) is 10.3 Å². The average Bonchev–Trinajstić information content (AvgIpc) is 3.24. The molecule has 0 aliphatic heterocycles. The first-order valence-corrected chi connectivity index (χ1v) is 8.78.